The molecule has 0 radical (unpaired) electrons. The predicted molar refractivity (Wildman–Crippen MR) is 79.1 cm³/mol. The molecule has 1 aliphatic rings. The molecule has 1 amide bonds. The third-order valence-electron chi connectivity index (χ3n) is 4.30. The highest BCUT2D eigenvalue weighted by molar-refractivity contribution is 5.85. The zero-order chi connectivity index (χ0) is 13.1. The Kier molecular flexibility index (Phi) is 6.66. The maximum atomic E-state index is 12.0. The molecule has 1 heterocycles. The molecule has 0 spiro atoms. The normalized spacial score (nSPS) is 23.1. The highest BCUT2D eigenvalue weighted by Gasteiger charge is 2.33. The molecule has 2 N–H and O–H groups in total. The van der Waals surface area contributed by atoms with Crippen molar-refractivity contribution in [1.82, 2.24) is 10.6 Å². The number of hydrogen-bond donors (Lipinski definition) is 2. The van der Waals surface area contributed by atoms with E-state index in [-0.39, 0.29) is 29.1 Å². The van der Waals surface area contributed by atoms with Crippen LogP contribution >= 0.6 is 12.4 Å². The Hall–Kier alpha value is -0.280. The van der Waals surface area contributed by atoms with Crippen molar-refractivity contribution < 1.29 is 4.79 Å². The molecule has 108 valence electrons. The third kappa shape index (κ3) is 4.43. The fraction of sp³-hybridized carbons (Fsp3) is 0.929. The first-order chi connectivity index (χ1) is 7.79. The van der Waals surface area contributed by atoms with E-state index in [9.17, 15) is 4.79 Å². The van der Waals surface area contributed by atoms with Crippen molar-refractivity contribution in [3.8, 4) is 0 Å². The summed E-state index contributed by atoms with van der Waals surface area (Å²) >= 11 is 0. The lowest BCUT2D eigenvalue weighted by Crippen LogP contribution is -2.54. The van der Waals surface area contributed by atoms with Gasteiger partial charge in [-0.25, -0.2) is 0 Å². The molecule has 0 aliphatic carbocycles. The SMILES string of the molecule is CCC(C)(C)C(=O)NCC1NCCCC1(C)C.Cl. The van der Waals surface area contributed by atoms with Crippen molar-refractivity contribution in [2.24, 2.45) is 10.8 Å². The first-order valence-corrected chi connectivity index (χ1v) is 6.81. The molecule has 1 aliphatic heterocycles. The van der Waals surface area contributed by atoms with Gasteiger partial charge in [-0.05, 0) is 31.2 Å². The number of amides is 1. The van der Waals surface area contributed by atoms with E-state index in [1.165, 1.54) is 12.8 Å². The van der Waals surface area contributed by atoms with Crippen LogP contribution in [0.5, 0.6) is 0 Å². The van der Waals surface area contributed by atoms with Crippen molar-refractivity contribution >= 4 is 18.3 Å². The van der Waals surface area contributed by atoms with E-state index < -0.39 is 0 Å². The van der Waals surface area contributed by atoms with Crippen LogP contribution in [0.25, 0.3) is 0 Å². The second-order valence-corrected chi connectivity index (χ2v) is 6.55. The maximum absolute atomic E-state index is 12.0. The molecular formula is C14H29ClN2O. The molecule has 3 nitrogen and oxygen atoms in total. The summed E-state index contributed by atoms with van der Waals surface area (Å²) in [6, 6.07) is 0.396. The summed E-state index contributed by atoms with van der Waals surface area (Å²) in [6.07, 6.45) is 3.34. The number of piperidine rings is 1. The van der Waals surface area contributed by atoms with Crippen molar-refractivity contribution in [1.29, 1.82) is 0 Å². The summed E-state index contributed by atoms with van der Waals surface area (Å²) in [5.74, 6) is 0.170. The number of rotatable bonds is 4. The van der Waals surface area contributed by atoms with Gasteiger partial charge in [0.05, 0.1) is 0 Å². The number of carbonyl (C=O) groups is 1. The summed E-state index contributed by atoms with van der Waals surface area (Å²) in [4.78, 5) is 12.0. The molecule has 0 aromatic heterocycles. The van der Waals surface area contributed by atoms with Crippen LogP contribution in [-0.2, 0) is 4.79 Å². The lowest BCUT2D eigenvalue weighted by molar-refractivity contribution is -0.129. The topological polar surface area (TPSA) is 41.1 Å². The van der Waals surface area contributed by atoms with E-state index in [0.29, 0.717) is 6.04 Å². The Morgan fingerprint density at radius 2 is 2.06 bits per heavy atom. The first kappa shape index (κ1) is 17.7. The number of nitrogens with one attached hydrogen (secondary N) is 2. The second kappa shape index (κ2) is 6.76. The summed E-state index contributed by atoms with van der Waals surface area (Å²) in [7, 11) is 0. The van der Waals surface area contributed by atoms with Crippen LogP contribution < -0.4 is 10.6 Å². The number of halogens is 1. The van der Waals surface area contributed by atoms with Gasteiger partial charge >= 0.3 is 0 Å². The lowest BCUT2D eigenvalue weighted by atomic mass is 9.77. The van der Waals surface area contributed by atoms with Crippen LogP contribution in [-0.4, -0.2) is 25.0 Å². The Morgan fingerprint density at radius 1 is 1.44 bits per heavy atom. The van der Waals surface area contributed by atoms with Crippen LogP contribution in [0.3, 0.4) is 0 Å². The minimum atomic E-state index is -0.251. The maximum Gasteiger partial charge on any atom is 0.225 e. The average Bonchev–Trinajstić information content (AvgIpc) is 2.26. The van der Waals surface area contributed by atoms with Gasteiger partial charge in [0.15, 0.2) is 0 Å². The summed E-state index contributed by atoms with van der Waals surface area (Å²) in [6.45, 7) is 12.4. The molecule has 0 bridgehead atoms. The van der Waals surface area contributed by atoms with E-state index in [1.54, 1.807) is 0 Å². The van der Waals surface area contributed by atoms with Gasteiger partial charge < -0.3 is 10.6 Å². The Balaban J connectivity index is 0.00000289. The molecule has 1 rings (SSSR count). The monoisotopic (exact) mass is 276 g/mol. The Bertz CT molecular complexity index is 277. The zero-order valence-corrected chi connectivity index (χ0v) is 13.2. The molecule has 0 aromatic rings. The summed E-state index contributed by atoms with van der Waals surface area (Å²) in [5, 5.41) is 6.62. The fourth-order valence-corrected chi connectivity index (χ4v) is 2.21. The molecule has 0 aromatic carbocycles. The van der Waals surface area contributed by atoms with Crippen molar-refractivity contribution in [3.63, 3.8) is 0 Å². The predicted octanol–water partition coefficient (Wildman–Crippen LogP) is 2.74. The Morgan fingerprint density at radius 3 is 2.56 bits per heavy atom. The number of carbonyl (C=O) groups excluding carboxylic acids is 1. The molecule has 0 saturated carbocycles. The number of hydrogen-bond acceptors (Lipinski definition) is 2. The highest BCUT2D eigenvalue weighted by atomic mass is 35.5. The molecule has 1 saturated heterocycles. The van der Waals surface area contributed by atoms with Crippen LogP contribution in [0.1, 0.15) is 53.9 Å². The largest absolute Gasteiger partial charge is 0.354 e. The lowest BCUT2D eigenvalue weighted by Gasteiger charge is -2.40. The van der Waals surface area contributed by atoms with Crippen molar-refractivity contribution in [2.75, 3.05) is 13.1 Å². The summed E-state index contributed by atoms with van der Waals surface area (Å²) < 4.78 is 0. The highest BCUT2D eigenvalue weighted by Crippen LogP contribution is 2.29. The van der Waals surface area contributed by atoms with Gasteiger partial charge in [-0.3, -0.25) is 4.79 Å². The van der Waals surface area contributed by atoms with E-state index in [1.807, 2.05) is 13.8 Å². The van der Waals surface area contributed by atoms with Gasteiger partial charge in [0.1, 0.15) is 0 Å². The van der Waals surface area contributed by atoms with Crippen molar-refractivity contribution in [2.45, 2.75) is 59.9 Å². The van der Waals surface area contributed by atoms with E-state index >= 15 is 0 Å². The molecule has 18 heavy (non-hydrogen) atoms. The van der Waals surface area contributed by atoms with E-state index in [2.05, 4.69) is 31.4 Å². The standard InChI is InChI=1S/C14H28N2O.ClH/c1-6-13(2,3)12(17)16-10-11-14(4,5)8-7-9-15-11;/h11,15H,6-10H2,1-5H3,(H,16,17);1H. The fourth-order valence-electron chi connectivity index (χ4n) is 2.21. The van der Waals surface area contributed by atoms with Crippen LogP contribution in [0.15, 0.2) is 0 Å². The minimum Gasteiger partial charge on any atom is -0.354 e. The zero-order valence-electron chi connectivity index (χ0n) is 12.4. The van der Waals surface area contributed by atoms with Crippen molar-refractivity contribution in [3.05, 3.63) is 0 Å². The molecule has 1 atom stereocenters. The average molecular weight is 277 g/mol. The van der Waals surface area contributed by atoms with Gasteiger partial charge in [0.25, 0.3) is 0 Å². The van der Waals surface area contributed by atoms with Crippen LogP contribution in [0, 0.1) is 10.8 Å². The van der Waals surface area contributed by atoms with Gasteiger partial charge in [0.2, 0.25) is 5.91 Å². The van der Waals surface area contributed by atoms with Gasteiger partial charge in [-0.1, -0.05) is 34.6 Å². The van der Waals surface area contributed by atoms with Gasteiger partial charge in [0, 0.05) is 18.0 Å². The smallest absolute Gasteiger partial charge is 0.225 e. The second-order valence-electron chi connectivity index (χ2n) is 6.55. The third-order valence-corrected chi connectivity index (χ3v) is 4.30. The first-order valence-electron chi connectivity index (χ1n) is 6.81. The van der Waals surface area contributed by atoms with Crippen LogP contribution in [0.2, 0.25) is 0 Å². The Labute approximate surface area is 118 Å². The molecule has 1 unspecified atom stereocenters. The quantitative estimate of drug-likeness (QED) is 0.829. The van der Waals surface area contributed by atoms with E-state index in [0.717, 1.165) is 19.5 Å². The minimum absolute atomic E-state index is 0. The van der Waals surface area contributed by atoms with Gasteiger partial charge in [-0.15, -0.1) is 12.4 Å². The van der Waals surface area contributed by atoms with Gasteiger partial charge in [-0.2, -0.15) is 0 Å². The molecule has 4 heteroatoms. The molecular weight excluding hydrogens is 248 g/mol. The molecule has 1 fully saturated rings. The van der Waals surface area contributed by atoms with E-state index in [4.69, 9.17) is 0 Å². The van der Waals surface area contributed by atoms with Crippen LogP contribution in [0.4, 0.5) is 0 Å². The summed E-state index contributed by atoms with van der Waals surface area (Å²) in [5.41, 5.74) is 0.0285.